The number of fused-ring (bicyclic) bond motifs is 1. The van der Waals surface area contributed by atoms with Crippen LogP contribution in [0.15, 0.2) is 12.1 Å². The first kappa shape index (κ1) is 8.87. The lowest BCUT2D eigenvalue weighted by Gasteiger charge is -2.20. The second-order valence-electron chi connectivity index (χ2n) is 2.80. The third-order valence-corrected chi connectivity index (χ3v) is 1.95. The predicted octanol–water partition coefficient (Wildman–Crippen LogP) is 0.924. The summed E-state index contributed by atoms with van der Waals surface area (Å²) in [5.41, 5.74) is 0.395. The van der Waals surface area contributed by atoms with Gasteiger partial charge >= 0.3 is 0 Å². The molecule has 2 rings (SSSR count). The van der Waals surface area contributed by atoms with Crippen molar-refractivity contribution in [3.8, 4) is 17.2 Å². The van der Waals surface area contributed by atoms with Crippen LogP contribution in [0, 0.1) is 0 Å². The van der Waals surface area contributed by atoms with Gasteiger partial charge in [-0.15, -0.1) is 0 Å². The Kier molecular flexibility index (Phi) is 2.26. The van der Waals surface area contributed by atoms with E-state index < -0.39 is 0 Å². The van der Waals surface area contributed by atoms with Crippen LogP contribution >= 0.6 is 0 Å². The van der Waals surface area contributed by atoms with Crippen molar-refractivity contribution in [3.63, 3.8) is 0 Å². The first-order chi connectivity index (χ1) is 6.85. The molecule has 1 aliphatic rings. The van der Waals surface area contributed by atoms with Crippen molar-refractivity contribution in [3.05, 3.63) is 17.7 Å². The van der Waals surface area contributed by atoms with Gasteiger partial charge in [-0.05, 0) is 12.1 Å². The van der Waals surface area contributed by atoms with Gasteiger partial charge in [-0.1, -0.05) is 0 Å². The van der Waals surface area contributed by atoms with E-state index in [1.54, 1.807) is 18.4 Å². The van der Waals surface area contributed by atoms with Crippen LogP contribution in [0.4, 0.5) is 0 Å². The van der Waals surface area contributed by atoms with E-state index in [1.165, 1.54) is 7.11 Å². The maximum atomic E-state index is 10.5. The van der Waals surface area contributed by atoms with Gasteiger partial charge in [0.2, 0.25) is 12.0 Å². The summed E-state index contributed by atoms with van der Waals surface area (Å²) >= 11 is 0. The first-order valence-corrected chi connectivity index (χ1v) is 4.21. The van der Waals surface area contributed by atoms with Crippen LogP contribution in [-0.4, -0.2) is 26.6 Å². The summed E-state index contributed by atoms with van der Waals surface area (Å²) in [5, 5.41) is 0. The highest BCUT2D eigenvalue weighted by Gasteiger charge is 2.18. The van der Waals surface area contributed by atoms with E-state index in [-0.39, 0.29) is 0 Å². The number of hydrogen-bond acceptors (Lipinski definition) is 4. The van der Waals surface area contributed by atoms with E-state index in [0.29, 0.717) is 36.0 Å². The molecule has 0 fully saturated rings. The molecule has 4 heteroatoms. The average Bonchev–Trinajstić information content (AvgIpc) is 2.27. The summed E-state index contributed by atoms with van der Waals surface area (Å²) < 4.78 is 15.8. The maximum absolute atomic E-state index is 10.5. The molecule has 0 spiro atoms. The SMILES string of the molecule is COc1cc([C]=O)cc2c1OCCO2. The van der Waals surface area contributed by atoms with Crippen molar-refractivity contribution < 1.29 is 19.0 Å². The van der Waals surface area contributed by atoms with E-state index in [9.17, 15) is 4.79 Å². The van der Waals surface area contributed by atoms with Gasteiger partial charge in [0.1, 0.15) is 13.2 Å². The Morgan fingerprint density at radius 3 is 2.86 bits per heavy atom. The minimum Gasteiger partial charge on any atom is -0.493 e. The lowest BCUT2D eigenvalue weighted by atomic mass is 10.2. The summed E-state index contributed by atoms with van der Waals surface area (Å²) in [6.07, 6.45) is 1.79. The molecule has 73 valence electrons. The molecule has 0 bridgehead atoms. The molecule has 0 unspecified atom stereocenters. The third kappa shape index (κ3) is 1.39. The Hall–Kier alpha value is -1.71. The Morgan fingerprint density at radius 2 is 2.14 bits per heavy atom. The molecular weight excluding hydrogens is 184 g/mol. The van der Waals surface area contributed by atoms with Crippen molar-refractivity contribution in [2.24, 2.45) is 0 Å². The molecule has 0 saturated heterocycles. The molecular formula is C10H9O4. The average molecular weight is 193 g/mol. The molecule has 0 atom stereocenters. The van der Waals surface area contributed by atoms with Crippen molar-refractivity contribution >= 4 is 6.29 Å². The van der Waals surface area contributed by atoms with Crippen LogP contribution in [0.2, 0.25) is 0 Å². The quantitative estimate of drug-likeness (QED) is 0.700. The molecule has 0 aliphatic carbocycles. The zero-order chi connectivity index (χ0) is 9.97. The monoisotopic (exact) mass is 193 g/mol. The number of ether oxygens (including phenoxy) is 3. The van der Waals surface area contributed by atoms with Gasteiger partial charge in [0.15, 0.2) is 11.5 Å². The number of carbonyl (C=O) groups excluding carboxylic acids is 1. The fourth-order valence-corrected chi connectivity index (χ4v) is 1.33. The minimum absolute atomic E-state index is 0.395. The number of rotatable bonds is 2. The number of benzene rings is 1. The van der Waals surface area contributed by atoms with E-state index in [2.05, 4.69) is 0 Å². The normalized spacial score (nSPS) is 13.5. The van der Waals surface area contributed by atoms with E-state index in [0.717, 1.165) is 0 Å². The second kappa shape index (κ2) is 3.57. The Morgan fingerprint density at radius 1 is 1.36 bits per heavy atom. The molecule has 0 aromatic heterocycles. The molecule has 4 nitrogen and oxygen atoms in total. The molecule has 0 amide bonds. The lowest BCUT2D eigenvalue weighted by Crippen LogP contribution is -2.16. The molecule has 0 N–H and O–H groups in total. The van der Waals surface area contributed by atoms with Gasteiger partial charge in [-0.25, -0.2) is 0 Å². The zero-order valence-electron chi connectivity index (χ0n) is 7.70. The minimum atomic E-state index is 0.395. The van der Waals surface area contributed by atoms with Gasteiger partial charge in [0, 0.05) is 5.56 Å². The zero-order valence-corrected chi connectivity index (χ0v) is 7.70. The fourth-order valence-electron chi connectivity index (χ4n) is 1.33. The van der Waals surface area contributed by atoms with Gasteiger partial charge in [-0.2, -0.15) is 0 Å². The highest BCUT2D eigenvalue weighted by molar-refractivity contribution is 5.78. The van der Waals surface area contributed by atoms with Gasteiger partial charge in [0.05, 0.1) is 7.11 Å². The predicted molar refractivity (Wildman–Crippen MR) is 48.8 cm³/mol. The standard InChI is InChI=1S/C10H9O4/c1-12-8-4-7(6-11)5-9-10(8)14-3-2-13-9/h4-5H,2-3H2,1H3. The summed E-state index contributed by atoms with van der Waals surface area (Å²) in [5.74, 6) is 1.59. The third-order valence-electron chi connectivity index (χ3n) is 1.95. The van der Waals surface area contributed by atoms with E-state index in [4.69, 9.17) is 14.2 Å². The van der Waals surface area contributed by atoms with E-state index in [1.807, 2.05) is 0 Å². The van der Waals surface area contributed by atoms with Gasteiger partial charge < -0.3 is 14.2 Å². The molecule has 1 heterocycles. The first-order valence-electron chi connectivity index (χ1n) is 4.21. The largest absolute Gasteiger partial charge is 0.493 e. The Bertz CT molecular complexity index is 342. The Labute approximate surface area is 81.4 Å². The highest BCUT2D eigenvalue weighted by atomic mass is 16.6. The van der Waals surface area contributed by atoms with Crippen molar-refractivity contribution in [1.29, 1.82) is 0 Å². The number of hydrogen-bond donors (Lipinski definition) is 0. The lowest BCUT2D eigenvalue weighted by molar-refractivity contribution is 0.165. The van der Waals surface area contributed by atoms with Crippen LogP contribution in [-0.2, 0) is 4.79 Å². The topological polar surface area (TPSA) is 44.8 Å². The van der Waals surface area contributed by atoms with Crippen LogP contribution in [0.3, 0.4) is 0 Å². The highest BCUT2D eigenvalue weighted by Crippen LogP contribution is 2.39. The molecule has 1 radical (unpaired) electrons. The van der Waals surface area contributed by atoms with Crippen molar-refractivity contribution in [1.82, 2.24) is 0 Å². The summed E-state index contributed by atoms with van der Waals surface area (Å²) in [6.45, 7) is 0.978. The molecule has 14 heavy (non-hydrogen) atoms. The molecule has 1 aliphatic heterocycles. The van der Waals surface area contributed by atoms with Crippen LogP contribution in [0.25, 0.3) is 0 Å². The molecule has 1 aromatic rings. The van der Waals surface area contributed by atoms with Gasteiger partial charge in [-0.3, -0.25) is 4.79 Å². The van der Waals surface area contributed by atoms with Crippen molar-refractivity contribution in [2.75, 3.05) is 20.3 Å². The van der Waals surface area contributed by atoms with Crippen LogP contribution in [0.5, 0.6) is 17.2 Å². The molecule has 1 aromatic carbocycles. The second-order valence-corrected chi connectivity index (χ2v) is 2.80. The summed E-state index contributed by atoms with van der Waals surface area (Å²) in [7, 11) is 1.52. The fraction of sp³-hybridized carbons (Fsp3) is 0.300. The number of methoxy groups -OCH3 is 1. The smallest absolute Gasteiger partial charge is 0.233 e. The van der Waals surface area contributed by atoms with Crippen LogP contribution in [0.1, 0.15) is 5.56 Å². The van der Waals surface area contributed by atoms with Gasteiger partial charge in [0.25, 0.3) is 0 Å². The molecule has 0 saturated carbocycles. The summed E-state index contributed by atoms with van der Waals surface area (Å²) in [6, 6.07) is 3.16. The Balaban J connectivity index is 2.52. The summed E-state index contributed by atoms with van der Waals surface area (Å²) in [4.78, 5) is 10.5. The van der Waals surface area contributed by atoms with Crippen molar-refractivity contribution in [2.45, 2.75) is 0 Å². The van der Waals surface area contributed by atoms with E-state index >= 15 is 0 Å². The maximum Gasteiger partial charge on any atom is 0.233 e. The van der Waals surface area contributed by atoms with Crippen LogP contribution < -0.4 is 14.2 Å².